The Morgan fingerprint density at radius 2 is 1.56 bits per heavy atom. The van der Waals surface area contributed by atoms with E-state index in [0.29, 0.717) is 0 Å². The van der Waals surface area contributed by atoms with Crippen LogP contribution >= 0.6 is 0 Å². The van der Waals surface area contributed by atoms with Crippen LogP contribution in [-0.4, -0.2) is 55.9 Å². The van der Waals surface area contributed by atoms with Gasteiger partial charge in [0.15, 0.2) is 5.82 Å². The van der Waals surface area contributed by atoms with Crippen LogP contribution in [0.4, 0.5) is 5.82 Å². The third kappa shape index (κ3) is 4.39. The number of para-hydroxylation sites is 1. The van der Waals surface area contributed by atoms with E-state index in [9.17, 15) is 5.11 Å². The standard InChI is InChI=1S/C25H26N6O/c32-19-20-6-8-22(9-7-20)24-25(27-11-10-26-24)30-14-12-29(13-15-30)17-21-16-28-31(18-21)23-4-2-1-3-5-23/h1-11,16,18,32H,12-15,17,19H2. The summed E-state index contributed by atoms with van der Waals surface area (Å²) in [7, 11) is 0. The molecular formula is C25H26N6O. The number of hydrogen-bond donors (Lipinski definition) is 1. The molecule has 1 aliphatic rings. The molecule has 1 fully saturated rings. The van der Waals surface area contributed by atoms with E-state index in [1.807, 2.05) is 53.3 Å². The van der Waals surface area contributed by atoms with Crippen LogP contribution in [0.15, 0.2) is 79.4 Å². The van der Waals surface area contributed by atoms with Gasteiger partial charge in [0.25, 0.3) is 0 Å². The number of piperazine rings is 1. The second-order valence-corrected chi connectivity index (χ2v) is 7.98. The van der Waals surface area contributed by atoms with E-state index in [1.54, 1.807) is 12.4 Å². The summed E-state index contributed by atoms with van der Waals surface area (Å²) in [5.41, 5.74) is 5.08. The second-order valence-electron chi connectivity index (χ2n) is 7.98. The maximum atomic E-state index is 9.30. The van der Waals surface area contributed by atoms with Crippen molar-refractivity contribution in [2.24, 2.45) is 0 Å². The van der Waals surface area contributed by atoms with Crippen LogP contribution in [0, 0.1) is 0 Å². The summed E-state index contributed by atoms with van der Waals surface area (Å²) in [5.74, 6) is 0.917. The molecule has 0 atom stereocenters. The summed E-state index contributed by atoms with van der Waals surface area (Å²) < 4.78 is 1.93. The van der Waals surface area contributed by atoms with Crippen LogP contribution in [-0.2, 0) is 13.2 Å². The molecule has 0 amide bonds. The van der Waals surface area contributed by atoms with Gasteiger partial charge in [0.2, 0.25) is 0 Å². The van der Waals surface area contributed by atoms with Crippen molar-refractivity contribution < 1.29 is 5.11 Å². The molecule has 32 heavy (non-hydrogen) atoms. The molecule has 7 heteroatoms. The molecule has 4 aromatic rings. The van der Waals surface area contributed by atoms with E-state index in [4.69, 9.17) is 0 Å². The fourth-order valence-electron chi connectivity index (χ4n) is 4.07. The second kappa shape index (κ2) is 9.30. The summed E-state index contributed by atoms with van der Waals surface area (Å²) in [6, 6.07) is 18.0. The number of aromatic nitrogens is 4. The fraction of sp³-hybridized carbons (Fsp3) is 0.240. The first-order chi connectivity index (χ1) is 15.8. The topological polar surface area (TPSA) is 70.3 Å². The number of aliphatic hydroxyl groups excluding tert-OH is 1. The molecule has 1 saturated heterocycles. The van der Waals surface area contributed by atoms with Crippen molar-refractivity contribution in [1.29, 1.82) is 0 Å². The minimum atomic E-state index is 0.0415. The van der Waals surface area contributed by atoms with Gasteiger partial charge in [-0.1, -0.05) is 42.5 Å². The molecule has 0 bridgehead atoms. The van der Waals surface area contributed by atoms with E-state index in [0.717, 1.165) is 61.0 Å². The van der Waals surface area contributed by atoms with Crippen molar-refractivity contribution >= 4 is 5.82 Å². The van der Waals surface area contributed by atoms with Crippen LogP contribution in [0.2, 0.25) is 0 Å². The summed E-state index contributed by atoms with van der Waals surface area (Å²) >= 11 is 0. The normalized spacial score (nSPS) is 14.6. The molecule has 0 spiro atoms. The van der Waals surface area contributed by atoms with Crippen molar-refractivity contribution in [3.63, 3.8) is 0 Å². The maximum Gasteiger partial charge on any atom is 0.155 e. The SMILES string of the molecule is OCc1ccc(-c2nccnc2N2CCN(Cc3cnn(-c4ccccc4)c3)CC2)cc1. The van der Waals surface area contributed by atoms with Crippen molar-refractivity contribution in [2.45, 2.75) is 13.2 Å². The predicted octanol–water partition coefficient (Wildman–Crippen LogP) is 3.14. The summed E-state index contributed by atoms with van der Waals surface area (Å²) in [4.78, 5) is 14.0. The highest BCUT2D eigenvalue weighted by molar-refractivity contribution is 5.72. The largest absolute Gasteiger partial charge is 0.392 e. The smallest absolute Gasteiger partial charge is 0.155 e. The lowest BCUT2D eigenvalue weighted by molar-refractivity contribution is 0.249. The molecule has 2 aromatic heterocycles. The van der Waals surface area contributed by atoms with Crippen LogP contribution < -0.4 is 4.90 Å². The zero-order chi connectivity index (χ0) is 21.8. The van der Waals surface area contributed by atoms with Gasteiger partial charge in [-0.25, -0.2) is 9.67 Å². The van der Waals surface area contributed by atoms with Gasteiger partial charge in [0, 0.05) is 62.4 Å². The first-order valence-corrected chi connectivity index (χ1v) is 10.9. The fourth-order valence-corrected chi connectivity index (χ4v) is 4.07. The van der Waals surface area contributed by atoms with Crippen LogP contribution in [0.3, 0.4) is 0 Å². The monoisotopic (exact) mass is 426 g/mol. The minimum Gasteiger partial charge on any atom is -0.392 e. The molecule has 0 unspecified atom stereocenters. The first kappa shape index (κ1) is 20.4. The van der Waals surface area contributed by atoms with Gasteiger partial charge in [-0.15, -0.1) is 0 Å². The van der Waals surface area contributed by atoms with Gasteiger partial charge in [0.05, 0.1) is 18.5 Å². The van der Waals surface area contributed by atoms with E-state index < -0.39 is 0 Å². The zero-order valence-electron chi connectivity index (χ0n) is 17.9. The number of anilines is 1. The van der Waals surface area contributed by atoms with Gasteiger partial charge in [-0.05, 0) is 17.7 Å². The Balaban J connectivity index is 1.24. The molecular weight excluding hydrogens is 400 g/mol. The highest BCUT2D eigenvalue weighted by Crippen LogP contribution is 2.27. The van der Waals surface area contributed by atoms with Crippen LogP contribution in [0.25, 0.3) is 16.9 Å². The van der Waals surface area contributed by atoms with Gasteiger partial charge >= 0.3 is 0 Å². The number of benzene rings is 2. The highest BCUT2D eigenvalue weighted by atomic mass is 16.3. The van der Waals surface area contributed by atoms with E-state index in [1.165, 1.54) is 5.56 Å². The number of hydrogen-bond acceptors (Lipinski definition) is 6. The van der Waals surface area contributed by atoms with E-state index in [2.05, 4.69) is 43.2 Å². The number of rotatable bonds is 6. The Morgan fingerprint density at radius 3 is 2.31 bits per heavy atom. The number of aliphatic hydroxyl groups is 1. The van der Waals surface area contributed by atoms with E-state index in [-0.39, 0.29) is 6.61 Å². The van der Waals surface area contributed by atoms with Crippen LogP contribution in [0.1, 0.15) is 11.1 Å². The lowest BCUT2D eigenvalue weighted by atomic mass is 10.1. The summed E-state index contributed by atoms with van der Waals surface area (Å²) in [6.45, 7) is 4.63. The molecule has 0 saturated carbocycles. The van der Waals surface area contributed by atoms with Crippen molar-refractivity contribution in [3.8, 4) is 16.9 Å². The maximum absolute atomic E-state index is 9.30. The van der Waals surface area contributed by atoms with Crippen LogP contribution in [0.5, 0.6) is 0 Å². The molecule has 1 aliphatic heterocycles. The van der Waals surface area contributed by atoms with Gasteiger partial charge in [-0.2, -0.15) is 5.10 Å². The number of nitrogens with zero attached hydrogens (tertiary/aromatic N) is 6. The summed E-state index contributed by atoms with van der Waals surface area (Å²) in [5, 5.41) is 13.8. The van der Waals surface area contributed by atoms with Gasteiger partial charge in [0.1, 0.15) is 5.69 Å². The molecule has 3 heterocycles. The Kier molecular flexibility index (Phi) is 5.91. The molecule has 0 aliphatic carbocycles. The first-order valence-electron chi connectivity index (χ1n) is 10.9. The average Bonchev–Trinajstić information content (AvgIpc) is 3.34. The minimum absolute atomic E-state index is 0.0415. The molecule has 7 nitrogen and oxygen atoms in total. The quantitative estimate of drug-likeness (QED) is 0.511. The Labute approximate surface area is 187 Å². The molecule has 1 N–H and O–H groups in total. The Morgan fingerprint density at radius 1 is 0.812 bits per heavy atom. The molecule has 5 rings (SSSR count). The molecule has 0 radical (unpaired) electrons. The highest BCUT2D eigenvalue weighted by Gasteiger charge is 2.22. The predicted molar refractivity (Wildman–Crippen MR) is 124 cm³/mol. The van der Waals surface area contributed by atoms with Gasteiger partial charge < -0.3 is 10.0 Å². The lowest BCUT2D eigenvalue weighted by Crippen LogP contribution is -2.46. The molecule has 2 aromatic carbocycles. The lowest BCUT2D eigenvalue weighted by Gasteiger charge is -2.35. The van der Waals surface area contributed by atoms with E-state index >= 15 is 0 Å². The Hall–Kier alpha value is -3.55. The molecule has 162 valence electrons. The third-order valence-electron chi connectivity index (χ3n) is 5.82. The van der Waals surface area contributed by atoms with Crippen molar-refractivity contribution in [2.75, 3.05) is 31.1 Å². The van der Waals surface area contributed by atoms with Crippen molar-refractivity contribution in [1.82, 2.24) is 24.6 Å². The Bertz CT molecular complexity index is 1150. The van der Waals surface area contributed by atoms with Crippen molar-refractivity contribution in [3.05, 3.63) is 90.5 Å². The zero-order valence-corrected chi connectivity index (χ0v) is 17.9. The summed E-state index contributed by atoms with van der Waals surface area (Å²) in [6.07, 6.45) is 7.55. The van der Waals surface area contributed by atoms with Gasteiger partial charge in [-0.3, -0.25) is 9.88 Å². The third-order valence-corrected chi connectivity index (χ3v) is 5.82. The average molecular weight is 427 g/mol.